The summed E-state index contributed by atoms with van der Waals surface area (Å²) in [6.07, 6.45) is -2.35. The first-order chi connectivity index (χ1) is 15.0. The summed E-state index contributed by atoms with van der Waals surface area (Å²) in [5, 5.41) is 1.61. The van der Waals surface area contributed by atoms with Crippen molar-refractivity contribution in [3.63, 3.8) is 0 Å². The molecule has 0 N–H and O–H groups in total. The van der Waals surface area contributed by atoms with Crippen LogP contribution in [0.4, 0.5) is 32.8 Å². The summed E-state index contributed by atoms with van der Waals surface area (Å²) < 4.78 is 67.6. The van der Waals surface area contributed by atoms with E-state index in [9.17, 15) is 31.5 Å². The van der Waals surface area contributed by atoms with E-state index in [0.29, 0.717) is 6.07 Å². The summed E-state index contributed by atoms with van der Waals surface area (Å²) in [5.74, 6) is -3.27. The van der Waals surface area contributed by atoms with Gasteiger partial charge in [-0.2, -0.15) is 0 Å². The Labute approximate surface area is 182 Å². The number of hydrogen-bond donors (Lipinski definition) is 0. The predicted molar refractivity (Wildman–Crippen MR) is 108 cm³/mol. The topological polar surface area (TPSA) is 59.5 Å². The molecule has 3 aromatic rings. The Balaban J connectivity index is 1.76. The molecule has 1 amide bonds. The number of ether oxygens (including phenoxy) is 1. The van der Waals surface area contributed by atoms with Crippen LogP contribution in [0, 0.1) is 11.6 Å². The van der Waals surface area contributed by atoms with E-state index in [1.807, 2.05) is 0 Å². The number of carbonyl (C=O) groups is 2. The van der Waals surface area contributed by atoms with Crippen molar-refractivity contribution < 1.29 is 36.3 Å². The van der Waals surface area contributed by atoms with Crippen LogP contribution in [-0.2, 0) is 4.79 Å². The van der Waals surface area contributed by atoms with Gasteiger partial charge in [0.1, 0.15) is 17.4 Å². The molecule has 0 fully saturated rings. The van der Waals surface area contributed by atoms with Gasteiger partial charge < -0.3 is 4.74 Å². The molecule has 0 radical (unpaired) electrons. The van der Waals surface area contributed by atoms with E-state index in [1.165, 1.54) is 30.5 Å². The molecule has 11 heteroatoms. The van der Waals surface area contributed by atoms with Gasteiger partial charge in [0.05, 0.1) is 11.4 Å². The molecule has 3 rings (SSSR count). The summed E-state index contributed by atoms with van der Waals surface area (Å²) in [7, 11) is 0. The summed E-state index contributed by atoms with van der Waals surface area (Å²) in [5.41, 5.74) is 0.218. The highest BCUT2D eigenvalue weighted by Gasteiger charge is 2.31. The molecule has 2 aromatic carbocycles. The number of alkyl halides is 3. The number of aromatic nitrogens is 1. The Bertz CT molecular complexity index is 1170. The lowest BCUT2D eigenvalue weighted by molar-refractivity contribution is -0.274. The Hall–Kier alpha value is -3.60. The van der Waals surface area contributed by atoms with Gasteiger partial charge >= 0.3 is 6.36 Å². The van der Waals surface area contributed by atoms with E-state index in [-0.39, 0.29) is 22.1 Å². The number of hydrogen-bond acceptors (Lipinski definition) is 5. The number of halogens is 5. The van der Waals surface area contributed by atoms with Gasteiger partial charge in [-0.15, -0.1) is 24.5 Å². The average Bonchev–Trinajstić information content (AvgIpc) is 3.15. The zero-order valence-electron chi connectivity index (χ0n) is 16.2. The fraction of sp³-hybridized carbons (Fsp3) is 0.0952. The second kappa shape index (κ2) is 9.27. The minimum absolute atomic E-state index is 0.101. The van der Waals surface area contributed by atoms with Crippen LogP contribution in [0.25, 0.3) is 6.08 Å². The maximum atomic E-state index is 14.1. The minimum Gasteiger partial charge on any atom is -0.406 e. The van der Waals surface area contributed by atoms with Crippen molar-refractivity contribution in [1.29, 1.82) is 0 Å². The first kappa shape index (κ1) is 23.1. The van der Waals surface area contributed by atoms with Crippen LogP contribution in [0.3, 0.4) is 0 Å². The number of amides is 1. The number of allylic oxidation sites excluding steroid dienone is 1. The first-order valence-electron chi connectivity index (χ1n) is 8.83. The van der Waals surface area contributed by atoms with Crippen LogP contribution in [0.2, 0.25) is 0 Å². The fourth-order valence-electron chi connectivity index (χ4n) is 2.60. The molecule has 1 heterocycles. The van der Waals surface area contributed by atoms with Crippen molar-refractivity contribution in [1.82, 2.24) is 4.98 Å². The van der Waals surface area contributed by atoms with Gasteiger partial charge in [0, 0.05) is 23.9 Å². The third-order valence-electron chi connectivity index (χ3n) is 3.94. The van der Waals surface area contributed by atoms with Crippen LogP contribution < -0.4 is 9.64 Å². The number of benzene rings is 2. The lowest BCUT2D eigenvalue weighted by atomic mass is 10.1. The molecule has 0 aliphatic rings. The Morgan fingerprint density at radius 1 is 1.09 bits per heavy atom. The Morgan fingerprint density at radius 2 is 1.78 bits per heavy atom. The highest BCUT2D eigenvalue weighted by molar-refractivity contribution is 7.14. The van der Waals surface area contributed by atoms with Gasteiger partial charge in [0.25, 0.3) is 0 Å². The van der Waals surface area contributed by atoms with Crippen molar-refractivity contribution in [3.8, 4) is 5.75 Å². The van der Waals surface area contributed by atoms with Gasteiger partial charge in [0.15, 0.2) is 10.9 Å². The van der Waals surface area contributed by atoms with Gasteiger partial charge in [-0.05, 0) is 48.6 Å². The van der Waals surface area contributed by atoms with Crippen LogP contribution in [-0.4, -0.2) is 23.0 Å². The van der Waals surface area contributed by atoms with E-state index in [1.54, 1.807) is 0 Å². The lowest BCUT2D eigenvalue weighted by Gasteiger charge is -2.18. The van der Waals surface area contributed by atoms with Crippen molar-refractivity contribution in [2.75, 3.05) is 4.90 Å². The lowest BCUT2D eigenvalue weighted by Crippen LogP contribution is -2.23. The summed E-state index contributed by atoms with van der Waals surface area (Å²) in [6, 6.07) is 7.13. The van der Waals surface area contributed by atoms with Crippen LogP contribution >= 0.6 is 11.3 Å². The van der Waals surface area contributed by atoms with Crippen molar-refractivity contribution in [2.45, 2.75) is 13.3 Å². The monoisotopic (exact) mass is 468 g/mol. The van der Waals surface area contributed by atoms with Crippen molar-refractivity contribution in [3.05, 3.63) is 76.8 Å². The maximum absolute atomic E-state index is 14.1. The Kier molecular flexibility index (Phi) is 6.68. The average molecular weight is 468 g/mol. The zero-order valence-corrected chi connectivity index (χ0v) is 17.0. The van der Waals surface area contributed by atoms with Gasteiger partial charge in [-0.3, -0.25) is 14.5 Å². The highest BCUT2D eigenvalue weighted by Crippen LogP contribution is 2.31. The molecule has 0 aliphatic carbocycles. The Morgan fingerprint density at radius 3 is 2.38 bits per heavy atom. The zero-order chi connectivity index (χ0) is 23.5. The van der Waals surface area contributed by atoms with Gasteiger partial charge in [-0.25, -0.2) is 13.8 Å². The summed E-state index contributed by atoms with van der Waals surface area (Å²) >= 11 is 0.996. The molecule has 0 bridgehead atoms. The van der Waals surface area contributed by atoms with Crippen molar-refractivity contribution >= 4 is 39.9 Å². The summed E-state index contributed by atoms with van der Waals surface area (Å²) in [4.78, 5) is 29.4. The number of ketones is 1. The van der Waals surface area contributed by atoms with Crippen molar-refractivity contribution in [2.24, 2.45) is 0 Å². The number of anilines is 2. The number of thiazole rings is 1. The summed E-state index contributed by atoms with van der Waals surface area (Å²) in [6.45, 7) is 1.19. The SMILES string of the molecule is CC(=O)N(c1nc(/C=C/C(=O)c2ccc(OC(F)(F)F)cc2)cs1)c1ccc(F)cc1F. The third kappa shape index (κ3) is 5.76. The van der Waals surface area contributed by atoms with E-state index in [0.717, 1.165) is 46.6 Å². The molecule has 0 unspecified atom stereocenters. The predicted octanol–water partition coefficient (Wildman–Crippen LogP) is 5.90. The van der Waals surface area contributed by atoms with Gasteiger partial charge in [0.2, 0.25) is 5.91 Å². The van der Waals surface area contributed by atoms with Crippen LogP contribution in [0.15, 0.2) is 53.9 Å². The number of nitrogens with zero attached hydrogens (tertiary/aromatic N) is 2. The molecule has 0 saturated heterocycles. The number of rotatable bonds is 6. The maximum Gasteiger partial charge on any atom is 0.573 e. The standard InChI is InChI=1S/C21H13F5N2O3S/c1-12(29)28(18-8-4-14(22)10-17(18)23)20-27-15(11-32-20)5-9-19(30)13-2-6-16(7-3-13)31-21(24,25)26/h2-11H,1H3/b9-5+. The second-order valence-corrected chi connectivity index (χ2v) is 7.11. The molecular formula is C21H13F5N2O3S. The fourth-order valence-corrected chi connectivity index (χ4v) is 3.45. The quantitative estimate of drug-likeness (QED) is 0.257. The molecule has 32 heavy (non-hydrogen) atoms. The van der Waals surface area contributed by atoms with Gasteiger partial charge in [-0.1, -0.05) is 0 Å². The minimum atomic E-state index is -4.83. The van der Waals surface area contributed by atoms with E-state index >= 15 is 0 Å². The molecule has 0 aliphatic heterocycles. The molecule has 1 aromatic heterocycles. The second-order valence-electron chi connectivity index (χ2n) is 6.27. The largest absolute Gasteiger partial charge is 0.573 e. The molecule has 0 atom stereocenters. The smallest absolute Gasteiger partial charge is 0.406 e. The first-order valence-corrected chi connectivity index (χ1v) is 9.71. The number of carbonyl (C=O) groups excluding carboxylic acids is 2. The molecule has 5 nitrogen and oxygen atoms in total. The van der Waals surface area contributed by atoms with E-state index in [2.05, 4.69) is 9.72 Å². The normalized spacial score (nSPS) is 11.6. The van der Waals surface area contributed by atoms with Crippen LogP contribution in [0.1, 0.15) is 23.0 Å². The molecule has 0 spiro atoms. The van der Waals surface area contributed by atoms with E-state index < -0.39 is 35.4 Å². The molecule has 166 valence electrons. The van der Waals surface area contributed by atoms with Crippen LogP contribution in [0.5, 0.6) is 5.75 Å². The molecule has 0 saturated carbocycles. The third-order valence-corrected chi connectivity index (χ3v) is 4.79. The van der Waals surface area contributed by atoms with E-state index in [4.69, 9.17) is 0 Å². The highest BCUT2D eigenvalue weighted by atomic mass is 32.1. The molecular weight excluding hydrogens is 455 g/mol.